The molecular weight excluding hydrogens is 312 g/mol. The summed E-state index contributed by atoms with van der Waals surface area (Å²) < 4.78 is 0. The average molecular weight is 336 g/mol. The van der Waals surface area contributed by atoms with E-state index in [0.717, 1.165) is 24.1 Å². The smallest absolute Gasteiger partial charge is 0.255 e. The fourth-order valence-electron chi connectivity index (χ4n) is 3.28. The lowest BCUT2D eigenvalue weighted by molar-refractivity contribution is -0.120. The quantitative estimate of drug-likeness (QED) is 0.866. The van der Waals surface area contributed by atoms with E-state index in [1.54, 1.807) is 4.90 Å². The van der Waals surface area contributed by atoms with Crippen molar-refractivity contribution in [2.45, 2.75) is 45.7 Å². The van der Waals surface area contributed by atoms with Crippen LogP contribution in [-0.2, 0) is 17.8 Å². The Labute approximate surface area is 148 Å². The molecule has 4 nitrogen and oxygen atoms in total. The maximum absolute atomic E-state index is 12.8. The Kier molecular flexibility index (Phi) is 5.17. The maximum atomic E-state index is 12.8. The molecule has 3 rings (SSSR count). The van der Waals surface area contributed by atoms with Crippen molar-refractivity contribution in [2.75, 3.05) is 5.32 Å². The normalized spacial score (nSPS) is 14.3. The summed E-state index contributed by atoms with van der Waals surface area (Å²) in [4.78, 5) is 27.2. The first-order valence-corrected chi connectivity index (χ1v) is 8.92. The SMILES string of the molecule is CCCC(C(=O)Nc1ccc(CC)cc1)N1Cc2ccccc2C1=O. The molecule has 1 unspecified atom stereocenters. The van der Waals surface area contributed by atoms with Crippen molar-refractivity contribution in [3.8, 4) is 0 Å². The minimum Gasteiger partial charge on any atom is -0.324 e. The molecule has 0 aliphatic carbocycles. The van der Waals surface area contributed by atoms with E-state index in [9.17, 15) is 9.59 Å². The Morgan fingerprint density at radius 2 is 1.84 bits per heavy atom. The topological polar surface area (TPSA) is 49.4 Å². The molecule has 2 aromatic carbocycles. The van der Waals surface area contributed by atoms with E-state index in [1.165, 1.54) is 5.56 Å². The second kappa shape index (κ2) is 7.51. The molecule has 130 valence electrons. The highest BCUT2D eigenvalue weighted by atomic mass is 16.2. The summed E-state index contributed by atoms with van der Waals surface area (Å²) in [6.45, 7) is 4.63. The Balaban J connectivity index is 1.76. The Hall–Kier alpha value is -2.62. The molecule has 0 fully saturated rings. The van der Waals surface area contributed by atoms with E-state index in [4.69, 9.17) is 0 Å². The lowest BCUT2D eigenvalue weighted by Crippen LogP contribution is -2.44. The molecule has 0 bridgehead atoms. The maximum Gasteiger partial charge on any atom is 0.255 e. The Bertz CT molecular complexity index is 768. The van der Waals surface area contributed by atoms with Crippen molar-refractivity contribution in [3.63, 3.8) is 0 Å². The van der Waals surface area contributed by atoms with Crippen LogP contribution in [0.15, 0.2) is 48.5 Å². The molecule has 1 heterocycles. The molecule has 0 radical (unpaired) electrons. The molecule has 2 aromatic rings. The summed E-state index contributed by atoms with van der Waals surface area (Å²) in [7, 11) is 0. The van der Waals surface area contributed by atoms with Crippen molar-refractivity contribution in [1.82, 2.24) is 4.90 Å². The molecular formula is C21H24N2O2. The third kappa shape index (κ3) is 3.58. The average Bonchev–Trinajstić information content (AvgIpc) is 2.97. The third-order valence-corrected chi connectivity index (χ3v) is 4.72. The lowest BCUT2D eigenvalue weighted by atomic mass is 10.1. The summed E-state index contributed by atoms with van der Waals surface area (Å²) in [5.74, 6) is -0.169. The van der Waals surface area contributed by atoms with Crippen LogP contribution in [0.5, 0.6) is 0 Å². The molecule has 4 heteroatoms. The first-order chi connectivity index (χ1) is 12.1. The molecule has 2 amide bonds. The van der Waals surface area contributed by atoms with Gasteiger partial charge < -0.3 is 10.2 Å². The number of amides is 2. The van der Waals surface area contributed by atoms with E-state index in [1.807, 2.05) is 55.5 Å². The van der Waals surface area contributed by atoms with Crippen molar-refractivity contribution < 1.29 is 9.59 Å². The molecule has 1 aliphatic rings. The molecule has 1 atom stereocenters. The standard InChI is InChI=1S/C21H24N2O2/c1-3-7-19(20(24)22-17-12-10-15(4-2)11-13-17)23-14-16-8-5-6-9-18(16)21(23)25/h5-6,8-13,19H,3-4,7,14H2,1-2H3,(H,22,24). The van der Waals surface area contributed by atoms with E-state index < -0.39 is 6.04 Å². The van der Waals surface area contributed by atoms with Crippen molar-refractivity contribution in [3.05, 3.63) is 65.2 Å². The van der Waals surface area contributed by atoms with E-state index in [0.29, 0.717) is 18.5 Å². The number of anilines is 1. The first kappa shape index (κ1) is 17.2. The minimum absolute atomic E-state index is 0.0504. The molecule has 25 heavy (non-hydrogen) atoms. The summed E-state index contributed by atoms with van der Waals surface area (Å²) >= 11 is 0. The highest BCUT2D eigenvalue weighted by Crippen LogP contribution is 2.26. The van der Waals surface area contributed by atoms with E-state index >= 15 is 0 Å². The van der Waals surface area contributed by atoms with Crippen LogP contribution < -0.4 is 5.32 Å². The number of benzene rings is 2. The molecule has 0 saturated heterocycles. The van der Waals surface area contributed by atoms with Gasteiger partial charge in [-0.05, 0) is 42.2 Å². The molecule has 1 aliphatic heterocycles. The van der Waals surface area contributed by atoms with Gasteiger partial charge in [0.15, 0.2) is 0 Å². The van der Waals surface area contributed by atoms with Gasteiger partial charge in [-0.2, -0.15) is 0 Å². The first-order valence-electron chi connectivity index (χ1n) is 8.92. The van der Waals surface area contributed by atoms with Gasteiger partial charge in [0, 0.05) is 17.8 Å². The Morgan fingerprint density at radius 3 is 2.48 bits per heavy atom. The largest absolute Gasteiger partial charge is 0.324 e. The van der Waals surface area contributed by atoms with Crippen LogP contribution in [0.1, 0.15) is 48.2 Å². The van der Waals surface area contributed by atoms with Gasteiger partial charge in [0.25, 0.3) is 5.91 Å². The van der Waals surface area contributed by atoms with Gasteiger partial charge in [0.05, 0.1) is 0 Å². The van der Waals surface area contributed by atoms with E-state index in [-0.39, 0.29) is 11.8 Å². The number of rotatable bonds is 6. The zero-order valence-corrected chi connectivity index (χ0v) is 14.8. The van der Waals surface area contributed by atoms with Crippen molar-refractivity contribution >= 4 is 17.5 Å². The van der Waals surface area contributed by atoms with Gasteiger partial charge >= 0.3 is 0 Å². The van der Waals surface area contributed by atoms with Crippen LogP contribution in [0.2, 0.25) is 0 Å². The number of hydrogen-bond donors (Lipinski definition) is 1. The number of aryl methyl sites for hydroxylation is 1. The van der Waals surface area contributed by atoms with Gasteiger partial charge in [-0.3, -0.25) is 9.59 Å². The van der Waals surface area contributed by atoms with Gasteiger partial charge in [-0.25, -0.2) is 0 Å². The van der Waals surface area contributed by atoms with Crippen molar-refractivity contribution in [1.29, 1.82) is 0 Å². The second-order valence-electron chi connectivity index (χ2n) is 6.43. The summed E-state index contributed by atoms with van der Waals surface area (Å²) in [5.41, 5.74) is 3.71. The highest BCUT2D eigenvalue weighted by molar-refractivity contribution is 6.03. The van der Waals surface area contributed by atoms with Crippen LogP contribution >= 0.6 is 0 Å². The zero-order valence-electron chi connectivity index (χ0n) is 14.8. The fraction of sp³-hybridized carbons (Fsp3) is 0.333. The van der Waals surface area contributed by atoms with Crippen LogP contribution in [0.3, 0.4) is 0 Å². The number of fused-ring (bicyclic) bond motifs is 1. The third-order valence-electron chi connectivity index (χ3n) is 4.72. The summed E-state index contributed by atoms with van der Waals surface area (Å²) in [6, 6.07) is 15.0. The van der Waals surface area contributed by atoms with Crippen LogP contribution in [-0.4, -0.2) is 22.8 Å². The lowest BCUT2D eigenvalue weighted by Gasteiger charge is -2.26. The van der Waals surface area contributed by atoms with Gasteiger partial charge in [-0.1, -0.05) is 50.6 Å². The van der Waals surface area contributed by atoms with Crippen LogP contribution in [0.4, 0.5) is 5.69 Å². The predicted octanol–water partition coefficient (Wildman–Crippen LogP) is 4.01. The van der Waals surface area contributed by atoms with Crippen LogP contribution in [0.25, 0.3) is 0 Å². The summed E-state index contributed by atoms with van der Waals surface area (Å²) in [6.07, 6.45) is 2.46. The van der Waals surface area contributed by atoms with Crippen molar-refractivity contribution in [2.24, 2.45) is 0 Å². The van der Waals surface area contributed by atoms with Gasteiger partial charge in [0.1, 0.15) is 6.04 Å². The van der Waals surface area contributed by atoms with Gasteiger partial charge in [0.2, 0.25) is 5.91 Å². The highest BCUT2D eigenvalue weighted by Gasteiger charge is 2.35. The van der Waals surface area contributed by atoms with Crippen LogP contribution in [0, 0.1) is 0 Å². The number of carbonyl (C=O) groups is 2. The van der Waals surface area contributed by atoms with E-state index in [2.05, 4.69) is 12.2 Å². The molecule has 0 spiro atoms. The molecule has 1 N–H and O–H groups in total. The number of carbonyl (C=O) groups excluding carboxylic acids is 2. The Morgan fingerprint density at radius 1 is 1.12 bits per heavy atom. The number of hydrogen-bond acceptors (Lipinski definition) is 2. The van der Waals surface area contributed by atoms with Gasteiger partial charge in [-0.15, -0.1) is 0 Å². The zero-order chi connectivity index (χ0) is 17.8. The monoisotopic (exact) mass is 336 g/mol. The summed E-state index contributed by atoms with van der Waals surface area (Å²) in [5, 5.41) is 2.97. The second-order valence-corrected chi connectivity index (χ2v) is 6.43. The minimum atomic E-state index is -0.448. The molecule has 0 aromatic heterocycles. The number of nitrogens with one attached hydrogen (secondary N) is 1. The fourth-order valence-corrected chi connectivity index (χ4v) is 3.28. The molecule has 0 saturated carbocycles. The predicted molar refractivity (Wildman–Crippen MR) is 99.5 cm³/mol. The number of nitrogens with zero attached hydrogens (tertiary/aromatic N) is 1.